The number of urea groups is 1. The molecule has 1 aliphatic heterocycles. The summed E-state index contributed by atoms with van der Waals surface area (Å²) in [6.45, 7) is 5.98. The number of imidazole rings is 1. The number of aryl methyl sites for hydroxylation is 2. The second-order valence-corrected chi connectivity index (χ2v) is 7.38. The number of para-hydroxylation sites is 1. The maximum atomic E-state index is 12.5. The highest BCUT2D eigenvalue weighted by Gasteiger charge is 2.24. The fourth-order valence-corrected chi connectivity index (χ4v) is 3.68. The van der Waals surface area contributed by atoms with Crippen molar-refractivity contribution in [2.75, 3.05) is 13.1 Å². The SMILES string of the molecule is Cc1cccc(C)c1OC1CCN(C(=O)NCc2cn3ccccc3n2)CC1. The molecular weight excluding hydrogens is 352 g/mol. The van der Waals surface area contributed by atoms with E-state index in [1.54, 1.807) is 0 Å². The lowest BCUT2D eigenvalue weighted by molar-refractivity contribution is 0.110. The molecule has 0 atom stereocenters. The Kier molecular flexibility index (Phi) is 5.19. The summed E-state index contributed by atoms with van der Waals surface area (Å²) in [4.78, 5) is 18.9. The van der Waals surface area contributed by atoms with E-state index in [0.717, 1.165) is 41.1 Å². The number of benzene rings is 1. The molecule has 0 radical (unpaired) electrons. The van der Waals surface area contributed by atoms with Gasteiger partial charge in [0.1, 0.15) is 17.5 Å². The Hall–Kier alpha value is -3.02. The number of hydrogen-bond donors (Lipinski definition) is 1. The third-order valence-electron chi connectivity index (χ3n) is 5.26. The van der Waals surface area contributed by atoms with Crippen molar-refractivity contribution >= 4 is 11.7 Å². The largest absolute Gasteiger partial charge is 0.490 e. The number of hydrogen-bond acceptors (Lipinski definition) is 3. The highest BCUT2D eigenvalue weighted by atomic mass is 16.5. The van der Waals surface area contributed by atoms with Gasteiger partial charge >= 0.3 is 6.03 Å². The zero-order valence-electron chi connectivity index (χ0n) is 16.4. The van der Waals surface area contributed by atoms with Crippen LogP contribution in [-0.2, 0) is 6.54 Å². The zero-order chi connectivity index (χ0) is 19.5. The van der Waals surface area contributed by atoms with Crippen molar-refractivity contribution in [1.29, 1.82) is 0 Å². The van der Waals surface area contributed by atoms with Gasteiger partial charge in [0, 0.05) is 38.3 Å². The van der Waals surface area contributed by atoms with Crippen LogP contribution in [0.4, 0.5) is 4.79 Å². The predicted octanol–water partition coefficient (Wildman–Crippen LogP) is 3.70. The van der Waals surface area contributed by atoms with Crippen LogP contribution in [-0.4, -0.2) is 39.5 Å². The van der Waals surface area contributed by atoms with E-state index in [4.69, 9.17) is 4.74 Å². The van der Waals surface area contributed by atoms with Crippen LogP contribution >= 0.6 is 0 Å². The molecule has 1 N–H and O–H groups in total. The first-order valence-electron chi connectivity index (χ1n) is 9.78. The number of carbonyl (C=O) groups is 1. The fourth-order valence-electron chi connectivity index (χ4n) is 3.68. The van der Waals surface area contributed by atoms with Gasteiger partial charge in [0.2, 0.25) is 0 Å². The summed E-state index contributed by atoms with van der Waals surface area (Å²) in [5, 5.41) is 2.98. The first-order chi connectivity index (χ1) is 13.6. The van der Waals surface area contributed by atoms with Crippen LogP contribution in [0.5, 0.6) is 5.75 Å². The van der Waals surface area contributed by atoms with Crippen LogP contribution < -0.4 is 10.1 Å². The molecule has 146 valence electrons. The van der Waals surface area contributed by atoms with Gasteiger partial charge in [0.15, 0.2) is 0 Å². The molecular formula is C22H26N4O2. The molecule has 28 heavy (non-hydrogen) atoms. The van der Waals surface area contributed by atoms with E-state index in [1.165, 1.54) is 0 Å². The second-order valence-electron chi connectivity index (χ2n) is 7.38. The number of piperidine rings is 1. The van der Waals surface area contributed by atoms with E-state index in [9.17, 15) is 4.79 Å². The van der Waals surface area contributed by atoms with Crippen molar-refractivity contribution in [2.24, 2.45) is 0 Å². The Labute approximate surface area is 165 Å². The molecule has 1 aromatic carbocycles. The van der Waals surface area contributed by atoms with Gasteiger partial charge in [0.05, 0.1) is 12.2 Å². The van der Waals surface area contributed by atoms with E-state index in [2.05, 4.69) is 36.3 Å². The number of nitrogens with zero attached hydrogens (tertiary/aromatic N) is 3. The number of aromatic nitrogens is 2. The monoisotopic (exact) mass is 378 g/mol. The average molecular weight is 378 g/mol. The molecule has 0 aliphatic carbocycles. The molecule has 1 aliphatic rings. The number of likely N-dealkylation sites (tertiary alicyclic amines) is 1. The molecule has 6 heteroatoms. The first-order valence-corrected chi connectivity index (χ1v) is 9.78. The summed E-state index contributed by atoms with van der Waals surface area (Å²) in [5.41, 5.74) is 4.06. The number of rotatable bonds is 4. The topological polar surface area (TPSA) is 58.9 Å². The third kappa shape index (κ3) is 3.96. The molecule has 1 saturated heterocycles. The van der Waals surface area contributed by atoms with E-state index in [0.29, 0.717) is 19.6 Å². The number of ether oxygens (including phenoxy) is 1. The highest BCUT2D eigenvalue weighted by Crippen LogP contribution is 2.26. The summed E-state index contributed by atoms with van der Waals surface area (Å²) in [6, 6.07) is 12.0. The standard InChI is InChI=1S/C22H26N4O2/c1-16-6-5-7-17(2)21(16)28-19-9-12-25(13-10-19)22(27)23-14-18-15-26-11-4-3-8-20(26)24-18/h3-8,11,15,19H,9-10,12-14H2,1-2H3,(H,23,27). The summed E-state index contributed by atoms with van der Waals surface area (Å²) in [7, 11) is 0. The first kappa shape index (κ1) is 18.3. The normalized spacial score (nSPS) is 15.0. The Morgan fingerprint density at radius 2 is 1.89 bits per heavy atom. The van der Waals surface area contributed by atoms with E-state index >= 15 is 0 Å². The Morgan fingerprint density at radius 1 is 1.14 bits per heavy atom. The minimum atomic E-state index is -0.0393. The highest BCUT2D eigenvalue weighted by molar-refractivity contribution is 5.74. The molecule has 0 unspecified atom stereocenters. The maximum Gasteiger partial charge on any atom is 0.317 e. The molecule has 2 amide bonds. The van der Waals surface area contributed by atoms with Crippen molar-refractivity contribution in [3.8, 4) is 5.75 Å². The van der Waals surface area contributed by atoms with Gasteiger partial charge in [-0.1, -0.05) is 24.3 Å². The maximum absolute atomic E-state index is 12.5. The minimum Gasteiger partial charge on any atom is -0.490 e. The van der Waals surface area contributed by atoms with E-state index in [1.807, 2.05) is 46.0 Å². The predicted molar refractivity (Wildman–Crippen MR) is 109 cm³/mol. The van der Waals surface area contributed by atoms with Gasteiger partial charge in [-0.15, -0.1) is 0 Å². The van der Waals surface area contributed by atoms with Crippen molar-refractivity contribution < 1.29 is 9.53 Å². The summed E-state index contributed by atoms with van der Waals surface area (Å²) in [6.07, 6.45) is 5.74. The van der Waals surface area contributed by atoms with Gasteiger partial charge in [-0.3, -0.25) is 0 Å². The average Bonchev–Trinajstić information content (AvgIpc) is 3.12. The second kappa shape index (κ2) is 7.92. The fraction of sp³-hybridized carbons (Fsp3) is 0.364. The van der Waals surface area contributed by atoms with Crippen molar-refractivity contribution in [3.63, 3.8) is 0 Å². The van der Waals surface area contributed by atoms with Crippen LogP contribution in [0.3, 0.4) is 0 Å². The Morgan fingerprint density at radius 3 is 2.61 bits per heavy atom. The van der Waals surface area contributed by atoms with Crippen molar-refractivity contribution in [1.82, 2.24) is 19.6 Å². The molecule has 4 rings (SSSR count). The van der Waals surface area contributed by atoms with Gasteiger partial charge in [0.25, 0.3) is 0 Å². The molecule has 0 spiro atoms. The van der Waals surface area contributed by atoms with Crippen molar-refractivity contribution in [2.45, 2.75) is 39.3 Å². The van der Waals surface area contributed by atoms with Crippen LogP contribution in [0.15, 0.2) is 48.8 Å². The van der Waals surface area contributed by atoms with Gasteiger partial charge < -0.3 is 19.4 Å². The quantitative estimate of drug-likeness (QED) is 0.753. The van der Waals surface area contributed by atoms with Gasteiger partial charge in [-0.25, -0.2) is 9.78 Å². The Balaban J connectivity index is 1.28. The molecule has 1 fully saturated rings. The summed E-state index contributed by atoms with van der Waals surface area (Å²) >= 11 is 0. The summed E-state index contributed by atoms with van der Waals surface area (Å²) < 4.78 is 8.19. The van der Waals surface area contributed by atoms with Crippen LogP contribution in [0, 0.1) is 13.8 Å². The minimum absolute atomic E-state index is 0.0393. The van der Waals surface area contributed by atoms with Crippen LogP contribution in [0.1, 0.15) is 29.7 Å². The van der Waals surface area contributed by atoms with E-state index in [-0.39, 0.29) is 12.1 Å². The molecule has 2 aromatic heterocycles. The molecule has 3 aromatic rings. The lowest BCUT2D eigenvalue weighted by Gasteiger charge is -2.32. The molecule has 6 nitrogen and oxygen atoms in total. The number of nitrogens with one attached hydrogen (secondary N) is 1. The van der Waals surface area contributed by atoms with Crippen LogP contribution in [0.25, 0.3) is 5.65 Å². The van der Waals surface area contributed by atoms with Crippen LogP contribution in [0.2, 0.25) is 0 Å². The lowest BCUT2D eigenvalue weighted by Crippen LogP contribution is -2.46. The smallest absolute Gasteiger partial charge is 0.317 e. The lowest BCUT2D eigenvalue weighted by atomic mass is 10.1. The van der Waals surface area contributed by atoms with Gasteiger partial charge in [-0.05, 0) is 37.1 Å². The number of carbonyl (C=O) groups excluding carboxylic acids is 1. The zero-order valence-corrected chi connectivity index (χ0v) is 16.4. The molecule has 0 bridgehead atoms. The number of fused-ring (bicyclic) bond motifs is 1. The number of pyridine rings is 1. The van der Waals surface area contributed by atoms with Gasteiger partial charge in [-0.2, -0.15) is 0 Å². The van der Waals surface area contributed by atoms with E-state index < -0.39 is 0 Å². The summed E-state index contributed by atoms with van der Waals surface area (Å²) in [5.74, 6) is 0.984. The molecule has 3 heterocycles. The molecule has 0 saturated carbocycles. The van der Waals surface area contributed by atoms with Crippen molar-refractivity contribution in [3.05, 3.63) is 65.6 Å². The Bertz CT molecular complexity index is 920. The number of amides is 2. The third-order valence-corrected chi connectivity index (χ3v) is 5.26.